The predicted molar refractivity (Wildman–Crippen MR) is 79.1 cm³/mol. The van der Waals surface area contributed by atoms with Crippen LogP contribution in [-0.4, -0.2) is 35.3 Å². The number of carbonyl (C=O) groups is 1. The van der Waals surface area contributed by atoms with Crippen LogP contribution in [0.15, 0.2) is 11.1 Å². The van der Waals surface area contributed by atoms with E-state index in [1.165, 1.54) is 23.7 Å². The highest BCUT2D eigenvalue weighted by molar-refractivity contribution is 8.00. The third-order valence-electron chi connectivity index (χ3n) is 2.37. The van der Waals surface area contributed by atoms with Crippen LogP contribution in [0.4, 0.5) is 5.95 Å². The maximum absolute atomic E-state index is 11.2. The molecule has 2 aromatic rings. The summed E-state index contributed by atoms with van der Waals surface area (Å²) in [6.07, 6.45) is 0. The van der Waals surface area contributed by atoms with Crippen molar-refractivity contribution in [2.45, 2.75) is 18.9 Å². The molecule has 0 aliphatic carbocycles. The lowest BCUT2D eigenvalue weighted by Gasteiger charge is -2.05. The van der Waals surface area contributed by atoms with E-state index >= 15 is 0 Å². The van der Waals surface area contributed by atoms with Crippen molar-refractivity contribution >= 4 is 45.2 Å². The zero-order valence-corrected chi connectivity index (χ0v) is 12.7. The summed E-state index contributed by atoms with van der Waals surface area (Å²) in [6.45, 7) is 4.79. The predicted octanol–water partition coefficient (Wildman–Crippen LogP) is 2.70. The van der Waals surface area contributed by atoms with E-state index < -0.39 is 0 Å². The molecule has 1 N–H and O–H groups in total. The number of nitrogens with one attached hydrogen (secondary N) is 1. The molecule has 0 unspecified atom stereocenters. The summed E-state index contributed by atoms with van der Waals surface area (Å²) in [5, 5.41) is 4.92. The van der Waals surface area contributed by atoms with Crippen molar-refractivity contribution in [1.82, 2.24) is 9.97 Å². The number of methoxy groups -OCH3 is 1. The van der Waals surface area contributed by atoms with Gasteiger partial charge in [0.15, 0.2) is 0 Å². The number of anilines is 1. The molecular weight excluding hydrogens is 282 g/mol. The van der Waals surface area contributed by atoms with E-state index in [4.69, 9.17) is 0 Å². The van der Waals surface area contributed by atoms with Crippen molar-refractivity contribution in [1.29, 1.82) is 0 Å². The molecule has 0 atom stereocenters. The van der Waals surface area contributed by atoms with Crippen LogP contribution in [0.5, 0.6) is 0 Å². The number of carbonyl (C=O) groups excluding carboxylic acids is 1. The Morgan fingerprint density at radius 2 is 2.32 bits per heavy atom. The lowest BCUT2D eigenvalue weighted by atomic mass is 10.4. The van der Waals surface area contributed by atoms with E-state index in [0.29, 0.717) is 5.95 Å². The summed E-state index contributed by atoms with van der Waals surface area (Å²) in [4.78, 5) is 22.3. The van der Waals surface area contributed by atoms with Crippen LogP contribution in [0.3, 0.4) is 0 Å². The highest BCUT2D eigenvalue weighted by Gasteiger charge is 2.12. The molecule has 102 valence electrons. The van der Waals surface area contributed by atoms with Crippen LogP contribution in [0.2, 0.25) is 0 Å². The van der Waals surface area contributed by atoms with Gasteiger partial charge in [-0.25, -0.2) is 9.97 Å². The molecular formula is C12H15N3O2S2. The van der Waals surface area contributed by atoms with E-state index in [1.54, 1.807) is 11.3 Å². The SMILES string of the molecule is CCNc1nc(SCC(=O)OC)c2cc(C)sc2n1. The lowest BCUT2D eigenvalue weighted by molar-refractivity contribution is -0.137. The number of aryl methyl sites for hydroxylation is 1. The van der Waals surface area contributed by atoms with Crippen molar-refractivity contribution in [2.75, 3.05) is 24.7 Å². The van der Waals surface area contributed by atoms with Crippen LogP contribution in [-0.2, 0) is 9.53 Å². The standard InChI is InChI=1S/C12H15N3O2S2/c1-4-13-12-14-10(18-6-9(16)17-3)8-5-7(2)19-11(8)15-12/h5H,4,6H2,1-3H3,(H,13,14,15). The summed E-state index contributed by atoms with van der Waals surface area (Å²) in [5.41, 5.74) is 0. The number of hydrogen-bond acceptors (Lipinski definition) is 7. The van der Waals surface area contributed by atoms with Gasteiger partial charge in [-0.05, 0) is 19.9 Å². The van der Waals surface area contributed by atoms with Crippen LogP contribution < -0.4 is 5.32 Å². The van der Waals surface area contributed by atoms with Crippen LogP contribution >= 0.6 is 23.1 Å². The van der Waals surface area contributed by atoms with Gasteiger partial charge in [-0.2, -0.15) is 0 Å². The first kappa shape index (κ1) is 14.1. The Bertz CT molecular complexity index is 598. The summed E-state index contributed by atoms with van der Waals surface area (Å²) in [6, 6.07) is 2.05. The quantitative estimate of drug-likeness (QED) is 0.520. The fraction of sp³-hybridized carbons (Fsp3) is 0.417. The Morgan fingerprint density at radius 3 is 3.00 bits per heavy atom. The van der Waals surface area contributed by atoms with E-state index in [9.17, 15) is 4.79 Å². The molecule has 2 rings (SSSR count). The second-order valence-electron chi connectivity index (χ2n) is 3.82. The van der Waals surface area contributed by atoms with Gasteiger partial charge in [0.2, 0.25) is 5.95 Å². The molecule has 0 aliphatic heterocycles. The summed E-state index contributed by atoms with van der Waals surface area (Å²) < 4.78 is 4.65. The molecule has 0 bridgehead atoms. The molecule has 0 aliphatic rings. The molecule has 5 nitrogen and oxygen atoms in total. The summed E-state index contributed by atoms with van der Waals surface area (Å²) in [7, 11) is 1.39. The number of thiophene rings is 1. The second-order valence-corrected chi connectivity index (χ2v) is 6.02. The third kappa shape index (κ3) is 3.36. The number of thioether (sulfide) groups is 1. The largest absolute Gasteiger partial charge is 0.468 e. The highest BCUT2D eigenvalue weighted by Crippen LogP contribution is 2.32. The Hall–Kier alpha value is -1.34. The molecule has 0 fully saturated rings. The van der Waals surface area contributed by atoms with Gasteiger partial charge in [0.05, 0.1) is 12.9 Å². The van der Waals surface area contributed by atoms with Crippen molar-refractivity contribution in [3.63, 3.8) is 0 Å². The topological polar surface area (TPSA) is 64.1 Å². The number of nitrogens with zero attached hydrogens (tertiary/aromatic N) is 2. The second kappa shape index (κ2) is 6.21. The number of fused-ring (bicyclic) bond motifs is 1. The Morgan fingerprint density at radius 1 is 1.53 bits per heavy atom. The molecule has 2 heterocycles. The summed E-state index contributed by atoms with van der Waals surface area (Å²) in [5.74, 6) is 0.598. The van der Waals surface area contributed by atoms with Crippen molar-refractivity contribution in [3.05, 3.63) is 10.9 Å². The maximum Gasteiger partial charge on any atom is 0.316 e. The fourth-order valence-corrected chi connectivity index (χ4v) is 3.33. The van der Waals surface area contributed by atoms with Crippen molar-refractivity contribution in [2.24, 2.45) is 0 Å². The lowest BCUT2D eigenvalue weighted by Crippen LogP contribution is -2.05. The zero-order chi connectivity index (χ0) is 13.8. The first-order valence-electron chi connectivity index (χ1n) is 5.85. The number of rotatable bonds is 5. The van der Waals surface area contributed by atoms with Crippen LogP contribution in [0.25, 0.3) is 10.2 Å². The van der Waals surface area contributed by atoms with E-state index in [-0.39, 0.29) is 11.7 Å². The Balaban J connectivity index is 2.35. The molecule has 19 heavy (non-hydrogen) atoms. The average molecular weight is 297 g/mol. The van der Waals surface area contributed by atoms with E-state index in [2.05, 4.69) is 26.1 Å². The van der Waals surface area contributed by atoms with Gasteiger partial charge in [0, 0.05) is 16.8 Å². The normalized spacial score (nSPS) is 10.7. The van der Waals surface area contributed by atoms with Gasteiger partial charge < -0.3 is 10.1 Å². The summed E-state index contributed by atoms with van der Waals surface area (Å²) >= 11 is 3.00. The smallest absolute Gasteiger partial charge is 0.316 e. The van der Waals surface area contributed by atoms with Crippen molar-refractivity contribution < 1.29 is 9.53 Å². The molecule has 0 saturated heterocycles. The fourth-order valence-electron chi connectivity index (χ4n) is 1.55. The van der Waals surface area contributed by atoms with Crippen molar-refractivity contribution in [3.8, 4) is 0 Å². The molecule has 0 spiro atoms. The number of aromatic nitrogens is 2. The highest BCUT2D eigenvalue weighted by atomic mass is 32.2. The molecule has 7 heteroatoms. The Kier molecular flexibility index (Phi) is 4.60. The first-order valence-corrected chi connectivity index (χ1v) is 7.66. The monoisotopic (exact) mass is 297 g/mol. The number of ether oxygens (including phenoxy) is 1. The van der Waals surface area contributed by atoms with E-state index in [0.717, 1.165) is 21.8 Å². The van der Waals surface area contributed by atoms with Gasteiger partial charge in [0.1, 0.15) is 9.86 Å². The van der Waals surface area contributed by atoms with Crippen LogP contribution in [0, 0.1) is 6.92 Å². The maximum atomic E-state index is 11.2. The van der Waals surface area contributed by atoms with Gasteiger partial charge in [-0.3, -0.25) is 4.79 Å². The number of esters is 1. The molecule has 0 saturated carbocycles. The van der Waals surface area contributed by atoms with Crippen LogP contribution in [0.1, 0.15) is 11.8 Å². The molecule has 0 amide bonds. The molecule has 2 aromatic heterocycles. The number of hydrogen-bond donors (Lipinski definition) is 1. The zero-order valence-electron chi connectivity index (χ0n) is 11.0. The first-order chi connectivity index (χ1) is 9.13. The minimum absolute atomic E-state index is 0.253. The third-order valence-corrected chi connectivity index (χ3v) is 4.28. The minimum atomic E-state index is -0.256. The minimum Gasteiger partial charge on any atom is -0.468 e. The van der Waals surface area contributed by atoms with E-state index in [1.807, 2.05) is 13.8 Å². The molecule has 0 radical (unpaired) electrons. The molecule has 0 aromatic carbocycles. The van der Waals surface area contributed by atoms with Gasteiger partial charge >= 0.3 is 5.97 Å². The Labute approximate surface area is 119 Å². The van der Waals surface area contributed by atoms with Gasteiger partial charge in [-0.1, -0.05) is 11.8 Å². The average Bonchev–Trinajstić information content (AvgIpc) is 2.76. The van der Waals surface area contributed by atoms with Gasteiger partial charge in [-0.15, -0.1) is 11.3 Å². The van der Waals surface area contributed by atoms with Gasteiger partial charge in [0.25, 0.3) is 0 Å².